The van der Waals surface area contributed by atoms with Gasteiger partial charge in [-0.2, -0.15) is 5.10 Å². The van der Waals surface area contributed by atoms with Gasteiger partial charge in [-0.25, -0.2) is 0 Å². The van der Waals surface area contributed by atoms with Crippen molar-refractivity contribution in [2.45, 2.75) is 59.3 Å². The Kier molecular flexibility index (Phi) is 10.5. The number of carbonyl (C=O) groups excluding carboxylic acids is 1. The molecule has 4 rings (SSSR count). The molecule has 0 aliphatic carbocycles. The van der Waals surface area contributed by atoms with Crippen LogP contribution in [-0.4, -0.2) is 57.6 Å². The Morgan fingerprint density at radius 2 is 2.12 bits per heavy atom. The summed E-state index contributed by atoms with van der Waals surface area (Å²) in [7, 11) is 1.75. The number of aromatic nitrogens is 3. The number of hydrogen-bond acceptors (Lipinski definition) is 7. The van der Waals surface area contributed by atoms with E-state index in [4.69, 9.17) is 0 Å². The van der Waals surface area contributed by atoms with Crippen molar-refractivity contribution in [3.8, 4) is 0 Å². The number of nitrogens with one attached hydrogen (secondary N) is 3. The highest BCUT2D eigenvalue weighted by Gasteiger charge is 2.26. The third-order valence-electron chi connectivity index (χ3n) is 6.85. The topological polar surface area (TPSA) is 99.5 Å². The molecule has 0 atom stereocenters. The molecule has 1 amide bonds. The van der Waals surface area contributed by atoms with Crippen LogP contribution in [0.15, 0.2) is 59.5 Å². The lowest BCUT2D eigenvalue weighted by Gasteiger charge is -2.26. The second-order valence-electron chi connectivity index (χ2n) is 11.3. The molecule has 0 spiro atoms. The van der Waals surface area contributed by atoms with Crippen LogP contribution in [0.1, 0.15) is 49.4 Å². The van der Waals surface area contributed by atoms with E-state index in [2.05, 4.69) is 71.4 Å². The molecule has 0 saturated heterocycles. The quantitative estimate of drug-likeness (QED) is 0.181. The summed E-state index contributed by atoms with van der Waals surface area (Å²) in [6.45, 7) is 15.8. The summed E-state index contributed by atoms with van der Waals surface area (Å²) in [5.74, 6) is 0.0513. The molecule has 10 heteroatoms. The van der Waals surface area contributed by atoms with Crippen molar-refractivity contribution in [3.63, 3.8) is 0 Å². The van der Waals surface area contributed by atoms with Crippen molar-refractivity contribution in [2.24, 2.45) is 4.99 Å². The van der Waals surface area contributed by atoms with E-state index in [0.29, 0.717) is 32.7 Å². The highest BCUT2D eigenvalue weighted by Crippen LogP contribution is 2.37. The number of thiophene rings is 1. The average molecular weight is 587 g/mol. The Balaban J connectivity index is 1.45. The molecule has 3 aromatic rings. The van der Waals surface area contributed by atoms with E-state index in [1.165, 1.54) is 16.0 Å². The molecule has 0 fully saturated rings. The van der Waals surface area contributed by atoms with Crippen molar-refractivity contribution in [2.75, 3.05) is 25.5 Å². The van der Waals surface area contributed by atoms with Gasteiger partial charge in [0, 0.05) is 65.9 Å². The summed E-state index contributed by atoms with van der Waals surface area (Å²) in [4.78, 5) is 24.5. The lowest BCUT2D eigenvalue weighted by atomic mass is 10.0. The highest BCUT2D eigenvalue weighted by atomic mass is 32.1. The van der Waals surface area contributed by atoms with Gasteiger partial charge in [0.1, 0.15) is 0 Å². The molecule has 9 nitrogen and oxygen atoms in total. The minimum Gasteiger partial charge on any atom is -0.384 e. The normalized spacial score (nSPS) is 14.6. The zero-order valence-electron chi connectivity index (χ0n) is 25.3. The van der Waals surface area contributed by atoms with Crippen LogP contribution in [0.2, 0.25) is 0 Å². The molecule has 0 radical (unpaired) electrons. The largest absolute Gasteiger partial charge is 0.384 e. The van der Waals surface area contributed by atoms with Crippen molar-refractivity contribution in [1.82, 2.24) is 30.3 Å². The Bertz CT molecular complexity index is 1560. The maximum atomic E-state index is 12.9. The number of fused-ring (bicyclic) bond motifs is 1. The number of allylic oxidation sites excluding steroid dienone is 2. The van der Waals surface area contributed by atoms with Gasteiger partial charge in [-0.1, -0.05) is 18.7 Å². The first-order valence-corrected chi connectivity index (χ1v) is 15.0. The number of nitrogens with zero attached hydrogens (tertiary/aromatic N) is 5. The zero-order chi connectivity index (χ0) is 30.1. The number of hydrogen-bond donors (Lipinski definition) is 3. The van der Waals surface area contributed by atoms with E-state index in [0.717, 1.165) is 33.4 Å². The molecule has 4 heterocycles. The van der Waals surface area contributed by atoms with E-state index in [9.17, 15) is 4.79 Å². The maximum Gasteiger partial charge on any atom is 0.246 e. The first-order chi connectivity index (χ1) is 20.1. The molecule has 1 aliphatic heterocycles. The fraction of sp³-hybridized carbons (Fsp3) is 0.375. The number of rotatable bonds is 11. The molecule has 3 aromatic heterocycles. The first-order valence-electron chi connectivity index (χ1n) is 14.2. The fourth-order valence-corrected chi connectivity index (χ4v) is 5.85. The molecule has 222 valence electrons. The van der Waals surface area contributed by atoms with Crippen molar-refractivity contribution in [1.29, 1.82) is 0 Å². The van der Waals surface area contributed by atoms with Crippen LogP contribution >= 0.6 is 11.3 Å². The monoisotopic (exact) mass is 586 g/mol. The van der Waals surface area contributed by atoms with E-state index >= 15 is 0 Å². The molecular weight excluding hydrogens is 544 g/mol. The number of anilines is 1. The summed E-state index contributed by atoms with van der Waals surface area (Å²) >= 11 is 1.70. The standard InChI is InChI=1S/C32H42N8OS/c1-23-18-38-40(20-25-10-7-8-15-34-25)28(23)13-12-24(2)35-19-27-26-14-17-39(21-29(26)42-31(27)36-22-33-6)30(41)11-9-16-37-32(3,4)5/h7-13,15,18,22,35,37H,1,14,16-17,19-21H2,2-6H3,(H,33,36)/b11-9+,24-12+,28-13+. The van der Waals surface area contributed by atoms with E-state index in [-0.39, 0.29) is 11.4 Å². The number of aliphatic imine (C=N–C) groups is 1. The van der Waals surface area contributed by atoms with Gasteiger partial charge >= 0.3 is 0 Å². The van der Waals surface area contributed by atoms with Crippen LogP contribution in [0.25, 0.3) is 12.7 Å². The SMILES string of the molecule is C=c1cnn(Cc2ccccn2)/c1=C/C=C(\C)NCc1c(NC=NC)sc2c1CCN(C(=O)/C=C/CNC(C)(C)C)C2. The number of pyridine rings is 1. The number of amides is 1. The number of carbonyl (C=O) groups is 1. The van der Waals surface area contributed by atoms with E-state index in [1.807, 2.05) is 39.9 Å². The smallest absolute Gasteiger partial charge is 0.246 e. The summed E-state index contributed by atoms with van der Waals surface area (Å²) in [5.41, 5.74) is 4.52. The predicted octanol–water partition coefficient (Wildman–Crippen LogP) is 3.17. The Labute approximate surface area is 252 Å². The predicted molar refractivity (Wildman–Crippen MR) is 174 cm³/mol. The summed E-state index contributed by atoms with van der Waals surface area (Å²) < 4.78 is 1.92. The van der Waals surface area contributed by atoms with Gasteiger partial charge < -0.3 is 20.9 Å². The lowest BCUT2D eigenvalue weighted by Crippen LogP contribution is -2.36. The van der Waals surface area contributed by atoms with Crippen molar-refractivity contribution >= 4 is 41.2 Å². The van der Waals surface area contributed by atoms with Crippen LogP contribution in [0.3, 0.4) is 0 Å². The van der Waals surface area contributed by atoms with Gasteiger partial charge in [0.25, 0.3) is 0 Å². The molecule has 0 unspecified atom stereocenters. The van der Waals surface area contributed by atoms with E-state index in [1.54, 1.807) is 43.2 Å². The lowest BCUT2D eigenvalue weighted by molar-refractivity contribution is -0.126. The Morgan fingerprint density at radius 3 is 2.86 bits per heavy atom. The fourth-order valence-electron chi connectivity index (χ4n) is 4.60. The minimum atomic E-state index is 0.0182. The van der Waals surface area contributed by atoms with Crippen molar-refractivity contribution < 1.29 is 4.79 Å². The van der Waals surface area contributed by atoms with Gasteiger partial charge in [0.05, 0.1) is 41.7 Å². The van der Waals surface area contributed by atoms with Crippen LogP contribution < -0.4 is 26.5 Å². The molecule has 1 aliphatic rings. The molecular formula is C32H42N8OS. The Hall–Kier alpha value is -4.02. The van der Waals surface area contributed by atoms with Gasteiger partial charge in [-0.15, -0.1) is 11.3 Å². The molecule has 0 saturated carbocycles. The summed E-state index contributed by atoms with van der Waals surface area (Å²) in [5, 5.41) is 17.7. The van der Waals surface area contributed by atoms with Gasteiger partial charge in [0.15, 0.2) is 0 Å². The van der Waals surface area contributed by atoms with Gasteiger partial charge in [0.2, 0.25) is 5.91 Å². The van der Waals surface area contributed by atoms with Gasteiger partial charge in [-0.3, -0.25) is 19.5 Å². The summed E-state index contributed by atoms with van der Waals surface area (Å²) in [6.07, 6.45) is 13.8. The second-order valence-corrected chi connectivity index (χ2v) is 12.4. The van der Waals surface area contributed by atoms with Crippen LogP contribution in [0, 0.1) is 0 Å². The summed E-state index contributed by atoms with van der Waals surface area (Å²) in [6, 6.07) is 5.88. The van der Waals surface area contributed by atoms with Crippen molar-refractivity contribution in [3.05, 3.63) is 86.8 Å². The van der Waals surface area contributed by atoms with Crippen LogP contribution in [0.5, 0.6) is 0 Å². The average Bonchev–Trinajstić information content (AvgIpc) is 3.49. The third kappa shape index (κ3) is 8.50. The zero-order valence-corrected chi connectivity index (χ0v) is 26.1. The maximum absolute atomic E-state index is 12.9. The molecule has 0 bridgehead atoms. The third-order valence-corrected chi connectivity index (χ3v) is 8.04. The van der Waals surface area contributed by atoms with Crippen LogP contribution in [0.4, 0.5) is 5.00 Å². The molecule has 42 heavy (non-hydrogen) atoms. The van der Waals surface area contributed by atoms with E-state index < -0.39 is 0 Å². The van der Waals surface area contributed by atoms with Crippen LogP contribution in [-0.2, 0) is 30.8 Å². The highest BCUT2D eigenvalue weighted by molar-refractivity contribution is 7.16. The van der Waals surface area contributed by atoms with Gasteiger partial charge in [-0.05, 0) is 64.0 Å². The Morgan fingerprint density at radius 1 is 1.29 bits per heavy atom. The molecule has 3 N–H and O–H groups in total. The second kappa shape index (κ2) is 14.2. The molecule has 0 aromatic carbocycles. The first kappa shape index (κ1) is 30.9. The minimum absolute atomic E-state index is 0.0182.